The van der Waals surface area contributed by atoms with Gasteiger partial charge in [-0.25, -0.2) is 4.98 Å². The average Bonchev–Trinajstić information content (AvgIpc) is 3.16. The number of imidazole rings is 1. The summed E-state index contributed by atoms with van der Waals surface area (Å²) >= 11 is 6.10. The molecule has 0 saturated heterocycles. The van der Waals surface area contributed by atoms with Crippen LogP contribution in [0.5, 0.6) is 0 Å². The van der Waals surface area contributed by atoms with Crippen LogP contribution in [-0.2, 0) is 6.42 Å². The Bertz CT molecular complexity index is 1250. The molecule has 158 valence electrons. The molecule has 0 aliphatic rings. The number of benzene rings is 2. The lowest BCUT2D eigenvalue weighted by Gasteiger charge is -2.19. The van der Waals surface area contributed by atoms with Crippen LogP contribution < -0.4 is 5.32 Å². The topological polar surface area (TPSA) is 53.1 Å². The van der Waals surface area contributed by atoms with E-state index in [9.17, 15) is 5.26 Å². The van der Waals surface area contributed by atoms with Crippen LogP contribution >= 0.6 is 11.6 Å². The predicted molar refractivity (Wildman–Crippen MR) is 129 cm³/mol. The van der Waals surface area contributed by atoms with E-state index in [1.165, 1.54) is 19.3 Å². The third-order valence-corrected chi connectivity index (χ3v) is 6.10. The van der Waals surface area contributed by atoms with Crippen LogP contribution in [0.25, 0.3) is 16.7 Å². The molecule has 0 unspecified atom stereocenters. The fourth-order valence-electron chi connectivity index (χ4n) is 4.15. The minimum atomic E-state index is 0.636. The van der Waals surface area contributed by atoms with Crippen LogP contribution in [0.4, 0.5) is 5.82 Å². The Labute approximate surface area is 188 Å². The summed E-state index contributed by atoms with van der Waals surface area (Å²) in [6.45, 7) is 5.15. The average molecular weight is 431 g/mol. The number of unbranched alkanes of at least 4 members (excludes halogenated alkanes) is 3. The first kappa shape index (κ1) is 21.2. The van der Waals surface area contributed by atoms with Crippen molar-refractivity contribution in [3.05, 3.63) is 75.8 Å². The van der Waals surface area contributed by atoms with Crippen molar-refractivity contribution in [3.8, 4) is 6.07 Å². The van der Waals surface area contributed by atoms with Crippen molar-refractivity contribution in [1.29, 1.82) is 5.26 Å². The molecule has 2 aromatic carbocycles. The molecule has 31 heavy (non-hydrogen) atoms. The van der Waals surface area contributed by atoms with Gasteiger partial charge in [0.25, 0.3) is 0 Å². The molecule has 2 heterocycles. The van der Waals surface area contributed by atoms with Crippen LogP contribution in [-0.4, -0.2) is 15.9 Å². The summed E-state index contributed by atoms with van der Waals surface area (Å²) in [5.74, 6) is 1.03. The second-order valence-electron chi connectivity index (χ2n) is 7.99. The van der Waals surface area contributed by atoms with Crippen molar-refractivity contribution < 1.29 is 0 Å². The zero-order valence-electron chi connectivity index (χ0n) is 18.1. The molecule has 0 saturated carbocycles. The molecule has 0 aliphatic heterocycles. The van der Waals surface area contributed by atoms with Crippen molar-refractivity contribution in [2.24, 2.45) is 0 Å². The zero-order chi connectivity index (χ0) is 21.8. The van der Waals surface area contributed by atoms with Gasteiger partial charge in [0.05, 0.1) is 16.6 Å². The van der Waals surface area contributed by atoms with Gasteiger partial charge in [-0.1, -0.05) is 62.1 Å². The van der Waals surface area contributed by atoms with Crippen LogP contribution in [0.2, 0.25) is 5.02 Å². The van der Waals surface area contributed by atoms with Gasteiger partial charge in [-0.15, -0.1) is 0 Å². The van der Waals surface area contributed by atoms with Gasteiger partial charge in [0.1, 0.15) is 11.9 Å². The van der Waals surface area contributed by atoms with E-state index in [0.717, 1.165) is 63.6 Å². The third-order valence-electron chi connectivity index (χ3n) is 5.85. The second kappa shape index (κ2) is 9.41. The van der Waals surface area contributed by atoms with E-state index in [1.807, 2.05) is 37.3 Å². The first-order valence-electron chi connectivity index (χ1n) is 10.9. The van der Waals surface area contributed by atoms with Crippen LogP contribution in [0.3, 0.4) is 0 Å². The molecule has 5 heteroatoms. The Morgan fingerprint density at radius 2 is 1.84 bits per heavy atom. The first-order valence-corrected chi connectivity index (χ1v) is 11.3. The molecule has 0 spiro atoms. The maximum Gasteiger partial charge on any atom is 0.157 e. The Balaban J connectivity index is 1.89. The Hall–Kier alpha value is -3.03. The zero-order valence-corrected chi connectivity index (χ0v) is 18.8. The maximum atomic E-state index is 9.99. The largest absolute Gasteiger partial charge is 0.371 e. The summed E-state index contributed by atoms with van der Waals surface area (Å²) < 4.78 is 2.13. The Kier molecular flexibility index (Phi) is 6.44. The monoisotopic (exact) mass is 430 g/mol. The Morgan fingerprint density at radius 3 is 2.58 bits per heavy atom. The van der Waals surface area contributed by atoms with Crippen molar-refractivity contribution in [2.75, 3.05) is 11.9 Å². The number of nitriles is 1. The fourth-order valence-corrected chi connectivity index (χ4v) is 4.28. The number of anilines is 1. The first-order chi connectivity index (χ1) is 15.1. The molecule has 0 fully saturated rings. The normalized spacial score (nSPS) is 11.2. The van der Waals surface area contributed by atoms with E-state index in [4.69, 9.17) is 16.6 Å². The van der Waals surface area contributed by atoms with Gasteiger partial charge >= 0.3 is 0 Å². The molecule has 0 atom stereocenters. The number of aromatic nitrogens is 2. The minimum Gasteiger partial charge on any atom is -0.371 e. The minimum absolute atomic E-state index is 0.636. The molecule has 4 rings (SSSR count). The highest BCUT2D eigenvalue weighted by Gasteiger charge is 2.20. The van der Waals surface area contributed by atoms with Gasteiger partial charge in [-0.2, -0.15) is 5.26 Å². The van der Waals surface area contributed by atoms with E-state index in [1.54, 1.807) is 0 Å². The maximum absolute atomic E-state index is 9.99. The van der Waals surface area contributed by atoms with Gasteiger partial charge in [-0.05, 0) is 48.7 Å². The third kappa shape index (κ3) is 4.24. The second-order valence-corrected chi connectivity index (χ2v) is 8.43. The number of nitrogens with zero attached hydrogens (tertiary/aromatic N) is 3. The molecule has 4 aromatic rings. The van der Waals surface area contributed by atoms with Crippen LogP contribution in [0.1, 0.15) is 54.9 Å². The summed E-state index contributed by atoms with van der Waals surface area (Å²) in [7, 11) is 0. The lowest BCUT2D eigenvalue weighted by atomic mass is 9.97. The number of hydrogen-bond donors (Lipinski definition) is 1. The number of para-hydroxylation sites is 2. The highest BCUT2D eigenvalue weighted by molar-refractivity contribution is 6.30. The molecule has 0 bridgehead atoms. The van der Waals surface area contributed by atoms with Crippen LogP contribution in [0, 0.1) is 18.3 Å². The summed E-state index contributed by atoms with van der Waals surface area (Å²) in [5, 5.41) is 14.4. The van der Waals surface area contributed by atoms with Crippen molar-refractivity contribution >= 4 is 34.1 Å². The molecule has 4 nitrogen and oxygen atoms in total. The number of hydrogen-bond acceptors (Lipinski definition) is 3. The Morgan fingerprint density at radius 1 is 1.06 bits per heavy atom. The smallest absolute Gasteiger partial charge is 0.157 e. The SMILES string of the molecule is CCCCCCNc1c(Cc2ccc(Cl)cc2)c(C)c(C#N)c2nc3ccccc3n12. The van der Waals surface area contributed by atoms with Gasteiger partial charge < -0.3 is 5.32 Å². The van der Waals surface area contributed by atoms with Crippen LogP contribution in [0.15, 0.2) is 48.5 Å². The van der Waals surface area contributed by atoms with E-state index < -0.39 is 0 Å². The quantitative estimate of drug-likeness (QED) is 0.309. The number of rotatable bonds is 8. The molecule has 1 N–H and O–H groups in total. The molecule has 0 radical (unpaired) electrons. The molecular formula is C26H27ClN4. The van der Waals surface area contributed by atoms with Crippen molar-refractivity contribution in [3.63, 3.8) is 0 Å². The van der Waals surface area contributed by atoms with Gasteiger partial charge in [0.15, 0.2) is 5.65 Å². The van der Waals surface area contributed by atoms with Gasteiger partial charge in [0.2, 0.25) is 0 Å². The molecule has 0 amide bonds. The lowest BCUT2D eigenvalue weighted by molar-refractivity contribution is 0.683. The summed E-state index contributed by atoms with van der Waals surface area (Å²) in [5.41, 5.74) is 6.54. The number of fused-ring (bicyclic) bond motifs is 3. The summed E-state index contributed by atoms with van der Waals surface area (Å²) in [4.78, 5) is 4.81. The van der Waals surface area contributed by atoms with E-state index in [-0.39, 0.29) is 0 Å². The fraction of sp³-hybridized carbons (Fsp3) is 0.308. The number of pyridine rings is 1. The highest BCUT2D eigenvalue weighted by atomic mass is 35.5. The number of nitrogens with one attached hydrogen (secondary N) is 1. The molecule has 0 aliphatic carbocycles. The standard InChI is InChI=1S/C26H27ClN4/c1-3-4-5-8-15-29-25-21(16-19-11-13-20(27)14-12-19)18(2)22(17-28)26-30-23-9-6-7-10-24(23)31(25)26/h6-7,9-14,29H,3-5,8,15-16H2,1-2H3. The summed E-state index contributed by atoms with van der Waals surface area (Å²) in [6, 6.07) is 18.4. The highest BCUT2D eigenvalue weighted by Crippen LogP contribution is 2.32. The van der Waals surface area contributed by atoms with Crippen molar-refractivity contribution in [1.82, 2.24) is 9.38 Å². The summed E-state index contributed by atoms with van der Waals surface area (Å²) in [6.07, 6.45) is 5.50. The molecule has 2 aromatic heterocycles. The lowest BCUT2D eigenvalue weighted by Crippen LogP contribution is -2.12. The predicted octanol–water partition coefficient (Wildman–Crippen LogP) is 6.90. The van der Waals surface area contributed by atoms with Crippen molar-refractivity contribution in [2.45, 2.75) is 46.0 Å². The van der Waals surface area contributed by atoms with E-state index in [0.29, 0.717) is 5.56 Å². The molecular weight excluding hydrogens is 404 g/mol. The van der Waals surface area contributed by atoms with E-state index in [2.05, 4.69) is 40.9 Å². The van der Waals surface area contributed by atoms with E-state index >= 15 is 0 Å². The van der Waals surface area contributed by atoms with Gasteiger partial charge in [0, 0.05) is 23.6 Å². The number of halogens is 1. The van der Waals surface area contributed by atoms with Gasteiger partial charge in [-0.3, -0.25) is 4.40 Å².